The molecular formula is C25H21F3N2O2. The standard InChI is InChI=1S/C25H21F3N2O2/c1-3-32-24(31)19-9-5-8-18(14-19)22-12-6-11-21-16(2)30(29-23(21)22)15-17-7-4-10-20(13-17)25(26,27)28/h4-14H,3,15H2,1-2H3. The minimum absolute atomic E-state index is 0.215. The normalized spacial score (nSPS) is 11.7. The fraction of sp³-hybridized carbons (Fsp3) is 0.200. The van der Waals surface area contributed by atoms with Crippen LogP contribution in [0.2, 0.25) is 0 Å². The average Bonchev–Trinajstić information content (AvgIpc) is 3.09. The number of benzene rings is 3. The first-order valence-electron chi connectivity index (χ1n) is 10.2. The van der Waals surface area contributed by atoms with Gasteiger partial charge in [-0.25, -0.2) is 4.79 Å². The third-order valence-electron chi connectivity index (χ3n) is 5.31. The summed E-state index contributed by atoms with van der Waals surface area (Å²) in [6, 6.07) is 18.1. The molecule has 0 bridgehead atoms. The van der Waals surface area contributed by atoms with E-state index in [1.54, 1.807) is 35.9 Å². The number of nitrogens with zero attached hydrogens (tertiary/aromatic N) is 2. The summed E-state index contributed by atoms with van der Waals surface area (Å²) in [4.78, 5) is 12.1. The molecule has 0 aliphatic rings. The molecule has 7 heteroatoms. The van der Waals surface area contributed by atoms with Crippen LogP contribution in [0.3, 0.4) is 0 Å². The summed E-state index contributed by atoms with van der Waals surface area (Å²) in [5.74, 6) is -0.396. The first kappa shape index (κ1) is 21.6. The summed E-state index contributed by atoms with van der Waals surface area (Å²) < 4.78 is 46.0. The Bertz CT molecular complexity index is 1290. The van der Waals surface area contributed by atoms with Crippen molar-refractivity contribution in [2.45, 2.75) is 26.6 Å². The Morgan fingerprint density at radius 3 is 2.53 bits per heavy atom. The molecule has 164 valence electrons. The van der Waals surface area contributed by atoms with E-state index in [1.807, 2.05) is 31.2 Å². The summed E-state index contributed by atoms with van der Waals surface area (Å²) in [6.45, 7) is 4.15. The van der Waals surface area contributed by atoms with Gasteiger partial charge in [0.05, 0.1) is 24.3 Å². The van der Waals surface area contributed by atoms with E-state index in [4.69, 9.17) is 9.84 Å². The van der Waals surface area contributed by atoms with E-state index in [0.29, 0.717) is 11.1 Å². The van der Waals surface area contributed by atoms with Crippen molar-refractivity contribution in [3.63, 3.8) is 0 Å². The summed E-state index contributed by atoms with van der Waals surface area (Å²) in [6.07, 6.45) is -4.39. The van der Waals surface area contributed by atoms with E-state index in [9.17, 15) is 18.0 Å². The molecule has 3 aromatic carbocycles. The van der Waals surface area contributed by atoms with Gasteiger partial charge in [0, 0.05) is 16.6 Å². The molecule has 4 aromatic rings. The first-order chi connectivity index (χ1) is 15.3. The summed E-state index contributed by atoms with van der Waals surface area (Å²) in [5.41, 5.74) is 3.49. The van der Waals surface area contributed by atoms with Gasteiger partial charge in [0.25, 0.3) is 0 Å². The molecule has 0 aliphatic carbocycles. The van der Waals surface area contributed by atoms with Crippen molar-refractivity contribution in [3.05, 3.63) is 89.1 Å². The van der Waals surface area contributed by atoms with Crippen LogP contribution in [0.5, 0.6) is 0 Å². The minimum atomic E-state index is -4.39. The van der Waals surface area contributed by atoms with Crippen LogP contribution in [0, 0.1) is 6.92 Å². The predicted molar refractivity (Wildman–Crippen MR) is 116 cm³/mol. The van der Waals surface area contributed by atoms with Crippen LogP contribution in [-0.2, 0) is 17.5 Å². The van der Waals surface area contributed by atoms with Gasteiger partial charge < -0.3 is 4.74 Å². The number of aromatic nitrogens is 2. The average molecular weight is 438 g/mol. The number of esters is 1. The lowest BCUT2D eigenvalue weighted by atomic mass is 10.0. The molecule has 0 radical (unpaired) electrons. The lowest BCUT2D eigenvalue weighted by Crippen LogP contribution is -2.08. The molecule has 0 saturated heterocycles. The van der Waals surface area contributed by atoms with E-state index in [1.165, 1.54) is 6.07 Å². The van der Waals surface area contributed by atoms with E-state index in [0.717, 1.165) is 39.9 Å². The van der Waals surface area contributed by atoms with Crippen molar-refractivity contribution in [1.82, 2.24) is 9.78 Å². The Labute approximate surface area is 183 Å². The van der Waals surface area contributed by atoms with Crippen molar-refractivity contribution in [1.29, 1.82) is 0 Å². The second-order valence-corrected chi connectivity index (χ2v) is 7.44. The monoisotopic (exact) mass is 438 g/mol. The van der Waals surface area contributed by atoms with Crippen molar-refractivity contribution >= 4 is 16.9 Å². The third kappa shape index (κ3) is 4.23. The molecule has 0 N–H and O–H groups in total. The molecule has 0 saturated carbocycles. The van der Waals surface area contributed by atoms with Gasteiger partial charge in [-0.05, 0) is 49.2 Å². The maximum Gasteiger partial charge on any atom is 0.416 e. The van der Waals surface area contributed by atoms with Gasteiger partial charge in [-0.1, -0.05) is 42.5 Å². The highest BCUT2D eigenvalue weighted by molar-refractivity contribution is 5.97. The molecule has 0 spiro atoms. The zero-order valence-corrected chi connectivity index (χ0v) is 17.6. The van der Waals surface area contributed by atoms with E-state index in [2.05, 4.69) is 0 Å². The highest BCUT2D eigenvalue weighted by Gasteiger charge is 2.30. The van der Waals surface area contributed by atoms with Gasteiger partial charge in [-0.2, -0.15) is 18.3 Å². The molecule has 0 unspecified atom stereocenters. The topological polar surface area (TPSA) is 44.1 Å². The van der Waals surface area contributed by atoms with E-state index < -0.39 is 17.7 Å². The number of carbonyl (C=O) groups is 1. The number of carbonyl (C=O) groups excluding carboxylic acids is 1. The quantitative estimate of drug-likeness (QED) is 0.346. The highest BCUT2D eigenvalue weighted by atomic mass is 19.4. The van der Waals surface area contributed by atoms with Crippen LogP contribution in [0.15, 0.2) is 66.7 Å². The molecule has 0 fully saturated rings. The fourth-order valence-corrected chi connectivity index (χ4v) is 3.71. The molecule has 4 rings (SSSR count). The van der Waals surface area contributed by atoms with Crippen molar-refractivity contribution in [3.8, 4) is 11.1 Å². The van der Waals surface area contributed by atoms with Gasteiger partial charge in [-0.15, -0.1) is 0 Å². The van der Waals surface area contributed by atoms with Crippen LogP contribution in [0.25, 0.3) is 22.0 Å². The number of hydrogen-bond acceptors (Lipinski definition) is 3. The largest absolute Gasteiger partial charge is 0.462 e. The van der Waals surface area contributed by atoms with E-state index in [-0.39, 0.29) is 13.2 Å². The van der Waals surface area contributed by atoms with Crippen LogP contribution in [0.1, 0.15) is 34.1 Å². The Balaban J connectivity index is 1.74. The van der Waals surface area contributed by atoms with Gasteiger partial charge in [0.2, 0.25) is 0 Å². The number of halogens is 3. The second kappa shape index (κ2) is 8.49. The molecular weight excluding hydrogens is 417 g/mol. The zero-order chi connectivity index (χ0) is 22.9. The lowest BCUT2D eigenvalue weighted by molar-refractivity contribution is -0.137. The molecule has 4 nitrogen and oxygen atoms in total. The number of rotatable bonds is 5. The molecule has 0 aliphatic heterocycles. The number of ether oxygens (including phenoxy) is 1. The number of aryl methyl sites for hydroxylation is 1. The van der Waals surface area contributed by atoms with Gasteiger partial charge in [0.15, 0.2) is 0 Å². The SMILES string of the molecule is CCOC(=O)c1cccc(-c2cccc3c(C)n(Cc4cccc(C(F)(F)F)c4)nc23)c1. The Kier molecular flexibility index (Phi) is 5.74. The van der Waals surface area contributed by atoms with Gasteiger partial charge in [0.1, 0.15) is 5.52 Å². The number of hydrogen-bond donors (Lipinski definition) is 0. The number of fused-ring (bicyclic) bond motifs is 1. The first-order valence-corrected chi connectivity index (χ1v) is 10.2. The third-order valence-corrected chi connectivity index (χ3v) is 5.31. The van der Waals surface area contributed by atoms with Gasteiger partial charge in [-0.3, -0.25) is 4.68 Å². The summed E-state index contributed by atoms with van der Waals surface area (Å²) in [5, 5.41) is 5.60. The molecule has 0 amide bonds. The van der Waals surface area contributed by atoms with Crippen LogP contribution in [-0.4, -0.2) is 22.4 Å². The van der Waals surface area contributed by atoms with Crippen LogP contribution >= 0.6 is 0 Å². The van der Waals surface area contributed by atoms with Crippen molar-refractivity contribution in [2.75, 3.05) is 6.61 Å². The molecule has 32 heavy (non-hydrogen) atoms. The Morgan fingerprint density at radius 1 is 1.03 bits per heavy atom. The predicted octanol–water partition coefficient (Wildman–Crippen LogP) is 6.26. The van der Waals surface area contributed by atoms with Gasteiger partial charge >= 0.3 is 12.1 Å². The number of alkyl halides is 3. The zero-order valence-electron chi connectivity index (χ0n) is 17.6. The molecule has 1 heterocycles. The van der Waals surface area contributed by atoms with Crippen molar-refractivity contribution in [2.24, 2.45) is 0 Å². The van der Waals surface area contributed by atoms with Crippen LogP contribution < -0.4 is 0 Å². The smallest absolute Gasteiger partial charge is 0.416 e. The van der Waals surface area contributed by atoms with E-state index >= 15 is 0 Å². The maximum atomic E-state index is 13.1. The Hall–Kier alpha value is -3.61. The van der Waals surface area contributed by atoms with Crippen LogP contribution in [0.4, 0.5) is 13.2 Å². The highest BCUT2D eigenvalue weighted by Crippen LogP contribution is 2.32. The fourth-order valence-electron chi connectivity index (χ4n) is 3.71. The minimum Gasteiger partial charge on any atom is -0.462 e. The second-order valence-electron chi connectivity index (χ2n) is 7.44. The summed E-state index contributed by atoms with van der Waals surface area (Å²) in [7, 11) is 0. The lowest BCUT2D eigenvalue weighted by Gasteiger charge is -2.09. The molecule has 1 aromatic heterocycles. The summed E-state index contributed by atoms with van der Waals surface area (Å²) >= 11 is 0. The Morgan fingerprint density at radius 2 is 1.78 bits per heavy atom. The van der Waals surface area contributed by atoms with Crippen molar-refractivity contribution < 1.29 is 22.7 Å². The molecule has 0 atom stereocenters. The maximum absolute atomic E-state index is 13.1.